The Morgan fingerprint density at radius 2 is 1.85 bits per heavy atom. The SMILES string of the molecule is O=C1OC(CCCN2CCN(C(=O)c3ccccn3)CC2)c2ccccc21. The summed E-state index contributed by atoms with van der Waals surface area (Å²) in [4.78, 5) is 32.7. The fourth-order valence-electron chi connectivity index (χ4n) is 3.76. The number of benzene rings is 1. The van der Waals surface area contributed by atoms with Crippen molar-refractivity contribution in [2.75, 3.05) is 32.7 Å². The number of carbonyl (C=O) groups is 2. The summed E-state index contributed by atoms with van der Waals surface area (Å²) >= 11 is 0. The van der Waals surface area contributed by atoms with Crippen molar-refractivity contribution in [2.45, 2.75) is 18.9 Å². The fraction of sp³-hybridized carbons (Fsp3) is 0.381. The van der Waals surface area contributed by atoms with Gasteiger partial charge in [0.25, 0.3) is 5.91 Å². The molecule has 2 aliphatic heterocycles. The third-order valence-corrected chi connectivity index (χ3v) is 5.26. The number of fused-ring (bicyclic) bond motifs is 1. The topological polar surface area (TPSA) is 62.7 Å². The van der Waals surface area contributed by atoms with Crippen molar-refractivity contribution in [3.05, 3.63) is 65.5 Å². The molecule has 1 atom stereocenters. The molecule has 27 heavy (non-hydrogen) atoms. The summed E-state index contributed by atoms with van der Waals surface area (Å²) in [5, 5.41) is 0. The molecule has 1 amide bonds. The number of hydrogen-bond acceptors (Lipinski definition) is 5. The van der Waals surface area contributed by atoms with Crippen LogP contribution in [-0.4, -0.2) is 59.4 Å². The first-order chi connectivity index (χ1) is 13.2. The van der Waals surface area contributed by atoms with E-state index in [4.69, 9.17) is 4.74 Å². The second-order valence-electron chi connectivity index (χ2n) is 6.97. The molecular weight excluding hydrogens is 342 g/mol. The highest BCUT2D eigenvalue weighted by molar-refractivity contribution is 5.94. The number of rotatable bonds is 5. The summed E-state index contributed by atoms with van der Waals surface area (Å²) in [5.41, 5.74) is 2.21. The number of amides is 1. The van der Waals surface area contributed by atoms with Crippen LogP contribution in [0.3, 0.4) is 0 Å². The smallest absolute Gasteiger partial charge is 0.339 e. The van der Waals surface area contributed by atoms with Crippen LogP contribution in [0.1, 0.15) is 45.4 Å². The zero-order chi connectivity index (χ0) is 18.6. The minimum Gasteiger partial charge on any atom is -0.454 e. The number of pyridine rings is 1. The molecule has 1 fully saturated rings. The number of hydrogen-bond donors (Lipinski definition) is 0. The molecule has 4 rings (SSSR count). The molecule has 6 nitrogen and oxygen atoms in total. The Balaban J connectivity index is 1.23. The van der Waals surface area contributed by atoms with Crippen LogP contribution in [0.4, 0.5) is 0 Å². The molecule has 0 bridgehead atoms. The number of cyclic esters (lactones) is 1. The number of piperazine rings is 1. The van der Waals surface area contributed by atoms with E-state index in [1.54, 1.807) is 12.3 Å². The normalized spacial score (nSPS) is 19.6. The fourth-order valence-corrected chi connectivity index (χ4v) is 3.76. The standard InChI is InChI=1S/C21H23N3O3/c25-20(18-8-3-4-10-22-18)24-14-12-23(13-15-24)11-5-9-19-16-6-1-2-7-17(16)21(26)27-19/h1-4,6-8,10,19H,5,9,11-15H2. The highest BCUT2D eigenvalue weighted by atomic mass is 16.5. The summed E-state index contributed by atoms with van der Waals surface area (Å²) in [5.74, 6) is -0.207. The maximum Gasteiger partial charge on any atom is 0.339 e. The van der Waals surface area contributed by atoms with Crippen molar-refractivity contribution in [2.24, 2.45) is 0 Å². The van der Waals surface area contributed by atoms with E-state index in [0.717, 1.165) is 51.1 Å². The molecule has 3 heterocycles. The molecule has 1 unspecified atom stereocenters. The van der Waals surface area contributed by atoms with Crippen LogP contribution in [0.2, 0.25) is 0 Å². The van der Waals surface area contributed by atoms with Crippen LogP contribution < -0.4 is 0 Å². The van der Waals surface area contributed by atoms with Gasteiger partial charge in [-0.25, -0.2) is 4.79 Å². The lowest BCUT2D eigenvalue weighted by Gasteiger charge is -2.34. The molecule has 0 aliphatic carbocycles. The Bertz CT molecular complexity index is 816. The van der Waals surface area contributed by atoms with Crippen LogP contribution in [0, 0.1) is 0 Å². The molecule has 140 valence electrons. The lowest BCUT2D eigenvalue weighted by atomic mass is 10.0. The van der Waals surface area contributed by atoms with Crippen LogP contribution in [0.15, 0.2) is 48.7 Å². The molecule has 0 saturated carbocycles. The van der Waals surface area contributed by atoms with Crippen molar-refractivity contribution in [3.63, 3.8) is 0 Å². The third-order valence-electron chi connectivity index (χ3n) is 5.26. The zero-order valence-corrected chi connectivity index (χ0v) is 15.2. The molecule has 1 aromatic carbocycles. The van der Waals surface area contributed by atoms with Crippen molar-refractivity contribution in [1.82, 2.24) is 14.8 Å². The van der Waals surface area contributed by atoms with E-state index in [-0.39, 0.29) is 18.0 Å². The maximum absolute atomic E-state index is 12.4. The van der Waals surface area contributed by atoms with Crippen molar-refractivity contribution in [3.8, 4) is 0 Å². The minimum absolute atomic E-state index is 0.00438. The average Bonchev–Trinajstić information content (AvgIpc) is 3.05. The van der Waals surface area contributed by atoms with Crippen LogP contribution in [-0.2, 0) is 4.74 Å². The van der Waals surface area contributed by atoms with Gasteiger partial charge in [0.05, 0.1) is 5.56 Å². The first-order valence-electron chi connectivity index (χ1n) is 9.45. The molecule has 2 aromatic rings. The summed E-state index contributed by atoms with van der Waals surface area (Å²) in [6.07, 6.45) is 3.31. The van der Waals surface area contributed by atoms with Gasteiger partial charge in [-0.05, 0) is 37.6 Å². The first-order valence-corrected chi connectivity index (χ1v) is 9.45. The Morgan fingerprint density at radius 3 is 2.63 bits per heavy atom. The maximum atomic E-state index is 12.4. The van der Waals surface area contributed by atoms with Gasteiger partial charge >= 0.3 is 5.97 Å². The number of carbonyl (C=O) groups excluding carboxylic acids is 2. The van der Waals surface area contributed by atoms with Crippen LogP contribution in [0.5, 0.6) is 0 Å². The summed E-state index contributed by atoms with van der Waals surface area (Å²) in [6.45, 7) is 4.11. The van der Waals surface area contributed by atoms with Gasteiger partial charge in [-0.2, -0.15) is 0 Å². The molecular formula is C21H23N3O3. The molecule has 1 saturated heterocycles. The monoisotopic (exact) mass is 365 g/mol. The lowest BCUT2D eigenvalue weighted by molar-refractivity contribution is 0.0353. The average molecular weight is 365 g/mol. The Labute approximate surface area is 158 Å². The Hall–Kier alpha value is -2.73. The summed E-state index contributed by atoms with van der Waals surface area (Å²) in [7, 11) is 0. The third kappa shape index (κ3) is 3.85. The van der Waals surface area contributed by atoms with Gasteiger partial charge in [0, 0.05) is 37.9 Å². The largest absolute Gasteiger partial charge is 0.454 e. The van der Waals surface area contributed by atoms with E-state index in [9.17, 15) is 9.59 Å². The predicted octanol–water partition coefficient (Wildman–Crippen LogP) is 2.53. The second kappa shape index (κ2) is 7.88. The van der Waals surface area contributed by atoms with Crippen LogP contribution >= 0.6 is 0 Å². The summed E-state index contributed by atoms with van der Waals surface area (Å²) in [6, 6.07) is 13.0. The van der Waals surface area contributed by atoms with Gasteiger partial charge in [0.1, 0.15) is 11.8 Å². The van der Waals surface area contributed by atoms with Gasteiger partial charge in [-0.15, -0.1) is 0 Å². The van der Waals surface area contributed by atoms with Crippen molar-refractivity contribution < 1.29 is 14.3 Å². The molecule has 0 spiro atoms. The molecule has 1 aromatic heterocycles. The van der Waals surface area contributed by atoms with E-state index in [0.29, 0.717) is 11.3 Å². The zero-order valence-electron chi connectivity index (χ0n) is 15.2. The first kappa shape index (κ1) is 17.7. The van der Waals surface area contributed by atoms with Crippen molar-refractivity contribution in [1.29, 1.82) is 0 Å². The van der Waals surface area contributed by atoms with Gasteiger partial charge < -0.3 is 9.64 Å². The second-order valence-corrected chi connectivity index (χ2v) is 6.97. The molecule has 0 N–H and O–H groups in total. The number of esters is 1. The van der Waals surface area contributed by atoms with Gasteiger partial charge in [0.2, 0.25) is 0 Å². The Morgan fingerprint density at radius 1 is 1.07 bits per heavy atom. The summed E-state index contributed by atoms with van der Waals surface area (Å²) < 4.78 is 5.50. The van der Waals surface area contributed by atoms with Crippen molar-refractivity contribution >= 4 is 11.9 Å². The van der Waals surface area contributed by atoms with E-state index in [1.165, 1.54) is 0 Å². The van der Waals surface area contributed by atoms with Crippen LogP contribution in [0.25, 0.3) is 0 Å². The number of ether oxygens (including phenoxy) is 1. The molecule has 6 heteroatoms. The predicted molar refractivity (Wildman–Crippen MR) is 100 cm³/mol. The van der Waals surface area contributed by atoms with Gasteiger partial charge in [0.15, 0.2) is 0 Å². The van der Waals surface area contributed by atoms with E-state index in [1.807, 2.05) is 41.3 Å². The number of aromatic nitrogens is 1. The van der Waals surface area contributed by atoms with E-state index < -0.39 is 0 Å². The quantitative estimate of drug-likeness (QED) is 0.762. The molecule has 0 radical (unpaired) electrons. The minimum atomic E-state index is -0.211. The highest BCUT2D eigenvalue weighted by Crippen LogP contribution is 2.33. The van der Waals surface area contributed by atoms with E-state index >= 15 is 0 Å². The lowest BCUT2D eigenvalue weighted by Crippen LogP contribution is -2.49. The number of nitrogens with zero attached hydrogens (tertiary/aromatic N) is 3. The van der Waals surface area contributed by atoms with Gasteiger partial charge in [-0.3, -0.25) is 14.7 Å². The molecule has 2 aliphatic rings. The Kier molecular flexibility index (Phi) is 5.16. The highest BCUT2D eigenvalue weighted by Gasteiger charge is 2.30. The van der Waals surface area contributed by atoms with E-state index in [2.05, 4.69) is 9.88 Å². The van der Waals surface area contributed by atoms with Gasteiger partial charge in [-0.1, -0.05) is 24.3 Å².